The van der Waals surface area contributed by atoms with Crippen LogP contribution in [0.25, 0.3) is 17.3 Å². The Morgan fingerprint density at radius 2 is 1.96 bits per heavy atom. The molecular weight excluding hydrogens is 446 g/mol. The molecule has 6 nitrogen and oxygen atoms in total. The number of ether oxygens (including phenoxy) is 2. The van der Waals surface area contributed by atoms with Crippen LogP contribution in [-0.4, -0.2) is 36.5 Å². The molecule has 0 fully saturated rings. The molecule has 2 rings (SSSR count). The summed E-state index contributed by atoms with van der Waals surface area (Å²) in [4.78, 5) is 4.60. The van der Waals surface area contributed by atoms with Gasteiger partial charge in [-0.1, -0.05) is 34.8 Å². The van der Waals surface area contributed by atoms with Crippen LogP contribution >= 0.6 is 34.8 Å². The van der Waals surface area contributed by atoms with Crippen LogP contribution in [0.5, 0.6) is 5.88 Å². The zero-order valence-corrected chi connectivity index (χ0v) is 16.9. The number of hydrogen-bond acceptors (Lipinski definition) is 5. The molecule has 1 heterocycles. The van der Waals surface area contributed by atoms with Crippen molar-refractivity contribution in [2.24, 2.45) is 12.2 Å². The lowest BCUT2D eigenvalue weighted by Crippen LogP contribution is -2.06. The fraction of sp³-hybridized carbons (Fsp3) is 0.250. The van der Waals surface area contributed by atoms with Crippen molar-refractivity contribution in [3.63, 3.8) is 0 Å². The van der Waals surface area contributed by atoms with E-state index >= 15 is 0 Å². The average molecular weight is 459 g/mol. The van der Waals surface area contributed by atoms with Crippen LogP contribution in [-0.2, 0) is 16.6 Å². The van der Waals surface area contributed by atoms with Gasteiger partial charge in [-0.3, -0.25) is 0 Å². The van der Waals surface area contributed by atoms with Gasteiger partial charge in [0.1, 0.15) is 28.7 Å². The van der Waals surface area contributed by atoms with E-state index in [2.05, 4.69) is 19.8 Å². The number of oxime groups is 1. The normalized spacial score (nSPS) is 12.5. The summed E-state index contributed by atoms with van der Waals surface area (Å²) in [6.45, 7) is -3.12. The molecule has 0 N–H and O–H groups in total. The summed E-state index contributed by atoms with van der Waals surface area (Å²) in [6.07, 6.45) is 1.35. The Morgan fingerprint density at radius 1 is 1.29 bits per heavy atom. The van der Waals surface area contributed by atoms with Crippen LogP contribution in [0.1, 0.15) is 5.56 Å². The summed E-state index contributed by atoms with van der Waals surface area (Å²) < 4.78 is 49.8. The highest BCUT2D eigenvalue weighted by atomic mass is 35.5. The lowest BCUT2D eigenvalue weighted by molar-refractivity contribution is -0.0552. The monoisotopic (exact) mass is 457 g/mol. The van der Waals surface area contributed by atoms with E-state index in [0.29, 0.717) is 0 Å². The van der Waals surface area contributed by atoms with Crippen LogP contribution in [0.4, 0.5) is 13.2 Å². The Kier molecular flexibility index (Phi) is 7.45. The first-order chi connectivity index (χ1) is 13.2. The van der Waals surface area contributed by atoms with Crippen LogP contribution in [0.2, 0.25) is 10.0 Å². The molecule has 0 saturated heterocycles. The van der Waals surface area contributed by atoms with E-state index in [9.17, 15) is 13.2 Å². The zero-order chi connectivity index (χ0) is 21.0. The quantitative estimate of drug-likeness (QED) is 0.334. The number of nitrogens with zero attached hydrogens (tertiary/aromatic N) is 3. The maximum atomic E-state index is 14.5. The van der Waals surface area contributed by atoms with Crippen molar-refractivity contribution in [2.75, 3.05) is 14.2 Å². The minimum atomic E-state index is -3.12. The Bertz CT molecular complexity index is 933. The van der Waals surface area contributed by atoms with Crippen molar-refractivity contribution in [1.29, 1.82) is 0 Å². The van der Waals surface area contributed by atoms with Crippen molar-refractivity contribution >= 4 is 46.8 Å². The average Bonchev–Trinajstić information content (AvgIpc) is 2.89. The smallest absolute Gasteiger partial charge is 0.388 e. The number of alkyl halides is 2. The van der Waals surface area contributed by atoms with Crippen LogP contribution in [0, 0.1) is 5.82 Å². The predicted octanol–water partition coefficient (Wildman–Crippen LogP) is 5.32. The van der Waals surface area contributed by atoms with Crippen LogP contribution in [0.3, 0.4) is 0 Å². The lowest BCUT2D eigenvalue weighted by Gasteiger charge is -2.07. The van der Waals surface area contributed by atoms with Gasteiger partial charge in [-0.15, -0.1) is 0 Å². The third-order valence-electron chi connectivity index (χ3n) is 3.34. The van der Waals surface area contributed by atoms with Gasteiger partial charge < -0.3 is 14.3 Å². The van der Waals surface area contributed by atoms with Gasteiger partial charge in [0.25, 0.3) is 5.90 Å². The summed E-state index contributed by atoms with van der Waals surface area (Å²) in [7, 11) is 3.95. The van der Waals surface area contributed by atoms with Crippen molar-refractivity contribution in [3.8, 4) is 17.1 Å². The first-order valence-corrected chi connectivity index (χ1v) is 8.52. The van der Waals surface area contributed by atoms with E-state index in [1.807, 2.05) is 0 Å². The molecule has 12 heteroatoms. The number of aryl methyl sites for hydroxylation is 1. The summed E-state index contributed by atoms with van der Waals surface area (Å²) in [5.41, 5.74) is 0.0479. The third-order valence-corrected chi connectivity index (χ3v) is 4.27. The van der Waals surface area contributed by atoms with Gasteiger partial charge in [-0.2, -0.15) is 13.9 Å². The fourth-order valence-corrected chi connectivity index (χ4v) is 2.93. The zero-order valence-electron chi connectivity index (χ0n) is 14.6. The van der Waals surface area contributed by atoms with E-state index in [-0.39, 0.29) is 37.8 Å². The van der Waals surface area contributed by atoms with Crippen molar-refractivity contribution in [3.05, 3.63) is 38.6 Å². The van der Waals surface area contributed by atoms with E-state index in [4.69, 9.17) is 39.5 Å². The van der Waals surface area contributed by atoms with Crippen LogP contribution < -0.4 is 4.74 Å². The summed E-state index contributed by atoms with van der Waals surface area (Å²) >= 11 is 18.2. The van der Waals surface area contributed by atoms with Gasteiger partial charge >= 0.3 is 6.61 Å². The van der Waals surface area contributed by atoms with Gasteiger partial charge in [0.05, 0.1) is 12.1 Å². The number of aromatic nitrogens is 2. The number of halogens is 6. The number of methoxy groups -OCH3 is 1. The highest BCUT2D eigenvalue weighted by molar-refractivity contribution is 6.44. The highest BCUT2D eigenvalue weighted by Gasteiger charge is 2.23. The molecule has 1 aromatic carbocycles. The lowest BCUT2D eigenvalue weighted by atomic mass is 10.1. The second kappa shape index (κ2) is 9.40. The molecule has 0 unspecified atom stereocenters. The summed E-state index contributed by atoms with van der Waals surface area (Å²) in [5.74, 6) is -1.24. The molecule has 0 spiro atoms. The van der Waals surface area contributed by atoms with E-state index in [1.54, 1.807) is 0 Å². The minimum Gasteiger partial charge on any atom is -0.478 e. The molecule has 2 aromatic rings. The molecule has 0 amide bonds. The second-order valence-corrected chi connectivity index (χ2v) is 6.29. The topological polar surface area (TPSA) is 57.9 Å². The molecule has 0 saturated carbocycles. The Hall–Kier alpha value is -2.10. The third kappa shape index (κ3) is 4.84. The van der Waals surface area contributed by atoms with E-state index in [1.165, 1.54) is 33.4 Å². The number of rotatable bonds is 6. The summed E-state index contributed by atoms with van der Waals surface area (Å²) in [5, 5.41) is 7.26. The van der Waals surface area contributed by atoms with Crippen molar-refractivity contribution < 1.29 is 27.5 Å². The predicted molar refractivity (Wildman–Crippen MR) is 101 cm³/mol. The Labute approximate surface area is 173 Å². The van der Waals surface area contributed by atoms with Crippen LogP contribution in [0.15, 0.2) is 22.3 Å². The second-order valence-electron chi connectivity index (χ2n) is 5.10. The maximum Gasteiger partial charge on any atom is 0.388 e. The number of hydrogen-bond donors (Lipinski definition) is 0. The molecule has 152 valence electrons. The minimum absolute atomic E-state index is 0.0117. The van der Waals surface area contributed by atoms with Gasteiger partial charge in [0, 0.05) is 12.6 Å². The van der Waals surface area contributed by atoms with Crippen molar-refractivity contribution in [1.82, 2.24) is 9.78 Å². The highest BCUT2D eigenvalue weighted by Crippen LogP contribution is 2.38. The van der Waals surface area contributed by atoms with Gasteiger partial charge in [-0.05, 0) is 28.9 Å². The molecule has 0 bridgehead atoms. The first-order valence-electron chi connectivity index (χ1n) is 7.39. The molecule has 28 heavy (non-hydrogen) atoms. The first kappa shape index (κ1) is 22.2. The van der Waals surface area contributed by atoms with Gasteiger partial charge in [0.15, 0.2) is 0 Å². The molecule has 0 radical (unpaired) electrons. The summed E-state index contributed by atoms with van der Waals surface area (Å²) in [6, 6.07) is 2.30. The van der Waals surface area contributed by atoms with E-state index in [0.717, 1.165) is 10.7 Å². The number of benzene rings is 1. The Balaban J connectivity index is 2.57. The van der Waals surface area contributed by atoms with Gasteiger partial charge in [0.2, 0.25) is 5.88 Å². The molecule has 1 aromatic heterocycles. The maximum absolute atomic E-state index is 14.5. The molecule has 0 aliphatic carbocycles. The molecule has 0 atom stereocenters. The largest absolute Gasteiger partial charge is 0.478 e. The fourth-order valence-electron chi connectivity index (χ4n) is 2.18. The standard InChI is InChI=1S/C16H13Cl3F3N3O3/c1-25-15(28-16(21)22)12(19)13(23-25)8-4-7(9(17)6-11(8)20)5-10(18)14(26-2)24-27-3/h4-6,16H,1-3H3/b10-5-,24-14-. The van der Waals surface area contributed by atoms with E-state index < -0.39 is 18.3 Å². The van der Waals surface area contributed by atoms with Gasteiger partial charge in [-0.25, -0.2) is 9.07 Å². The van der Waals surface area contributed by atoms with Crippen molar-refractivity contribution in [2.45, 2.75) is 6.61 Å². The molecule has 0 aliphatic rings. The Morgan fingerprint density at radius 3 is 2.54 bits per heavy atom. The SMILES string of the molecule is CO/N=C(OC)/C(Cl)=C/c1cc(-c2nn(C)c(OC(F)F)c2Cl)c(F)cc1Cl. The molecular formula is C16H13Cl3F3N3O3. The molecule has 0 aliphatic heterocycles.